The standard InChI is InChI=1S/C19H18N4O3/c1-11-3-8-18(25)15(9-11)16-10-17(23-22-16)19(26)21-14-6-4-13(5-7-14)20-12(2)24/h3-10,25H,1-2H3,(H,20,24)(H,21,26)(H,22,23). The van der Waals surface area contributed by atoms with Gasteiger partial charge in [0.05, 0.1) is 5.69 Å². The number of carbonyl (C=O) groups is 2. The molecule has 7 heteroatoms. The number of benzene rings is 2. The summed E-state index contributed by atoms with van der Waals surface area (Å²) in [5.41, 5.74) is 3.52. The van der Waals surface area contributed by atoms with Crippen LogP contribution in [-0.4, -0.2) is 27.1 Å². The maximum atomic E-state index is 12.4. The van der Waals surface area contributed by atoms with Crippen molar-refractivity contribution in [3.63, 3.8) is 0 Å². The summed E-state index contributed by atoms with van der Waals surface area (Å²) in [6, 6.07) is 13.5. The lowest BCUT2D eigenvalue weighted by atomic mass is 10.1. The number of carbonyl (C=O) groups excluding carboxylic acids is 2. The fourth-order valence-corrected chi connectivity index (χ4v) is 2.47. The lowest BCUT2D eigenvalue weighted by Gasteiger charge is -2.05. The molecule has 132 valence electrons. The van der Waals surface area contributed by atoms with Crippen molar-refractivity contribution in [2.75, 3.05) is 10.6 Å². The van der Waals surface area contributed by atoms with Gasteiger partial charge in [-0.05, 0) is 49.4 Å². The maximum absolute atomic E-state index is 12.4. The molecular weight excluding hydrogens is 332 g/mol. The van der Waals surface area contributed by atoms with Crippen molar-refractivity contribution in [1.29, 1.82) is 0 Å². The molecule has 1 aromatic heterocycles. The number of amides is 2. The van der Waals surface area contributed by atoms with Gasteiger partial charge in [-0.3, -0.25) is 14.7 Å². The molecular formula is C19H18N4O3. The lowest BCUT2D eigenvalue weighted by Crippen LogP contribution is -2.12. The van der Waals surface area contributed by atoms with Crippen molar-refractivity contribution in [2.45, 2.75) is 13.8 Å². The number of aromatic amines is 1. The molecule has 4 N–H and O–H groups in total. The van der Waals surface area contributed by atoms with E-state index in [-0.39, 0.29) is 23.3 Å². The summed E-state index contributed by atoms with van der Waals surface area (Å²) in [4.78, 5) is 23.4. The minimum absolute atomic E-state index is 0.0996. The summed E-state index contributed by atoms with van der Waals surface area (Å²) in [5.74, 6) is -0.419. The third kappa shape index (κ3) is 3.89. The quantitative estimate of drug-likeness (QED) is 0.579. The summed E-state index contributed by atoms with van der Waals surface area (Å²) in [6.45, 7) is 3.34. The Bertz CT molecular complexity index is 961. The molecule has 0 aliphatic rings. The monoisotopic (exact) mass is 350 g/mol. The Balaban J connectivity index is 1.74. The number of aromatic nitrogens is 2. The van der Waals surface area contributed by atoms with Gasteiger partial charge < -0.3 is 15.7 Å². The van der Waals surface area contributed by atoms with Crippen molar-refractivity contribution in [3.8, 4) is 17.0 Å². The van der Waals surface area contributed by atoms with Crippen molar-refractivity contribution in [1.82, 2.24) is 10.2 Å². The fraction of sp³-hybridized carbons (Fsp3) is 0.105. The molecule has 3 rings (SSSR count). The van der Waals surface area contributed by atoms with Crippen LogP contribution in [0.4, 0.5) is 11.4 Å². The number of phenols is 1. The Morgan fingerprint density at radius 2 is 1.65 bits per heavy atom. The van der Waals surface area contributed by atoms with Crippen LogP contribution in [0, 0.1) is 6.92 Å². The van der Waals surface area contributed by atoms with Gasteiger partial charge in [-0.25, -0.2) is 0 Å². The van der Waals surface area contributed by atoms with Gasteiger partial charge in [-0.2, -0.15) is 5.10 Å². The van der Waals surface area contributed by atoms with E-state index in [1.807, 2.05) is 6.92 Å². The molecule has 0 aliphatic heterocycles. The number of hydrogen-bond donors (Lipinski definition) is 4. The van der Waals surface area contributed by atoms with Crippen LogP contribution in [-0.2, 0) is 4.79 Å². The molecule has 2 aromatic carbocycles. The van der Waals surface area contributed by atoms with E-state index in [1.54, 1.807) is 48.5 Å². The Hall–Kier alpha value is -3.61. The highest BCUT2D eigenvalue weighted by atomic mass is 16.3. The zero-order valence-corrected chi connectivity index (χ0v) is 14.3. The molecule has 0 fully saturated rings. The molecule has 0 radical (unpaired) electrons. The smallest absolute Gasteiger partial charge is 0.273 e. The summed E-state index contributed by atoms with van der Waals surface area (Å²) in [6.07, 6.45) is 0. The van der Waals surface area contributed by atoms with E-state index in [4.69, 9.17) is 0 Å². The molecule has 0 saturated heterocycles. The number of H-pyrrole nitrogens is 1. The van der Waals surface area contributed by atoms with Gasteiger partial charge in [0, 0.05) is 23.9 Å². The largest absolute Gasteiger partial charge is 0.507 e. The second-order valence-electron chi connectivity index (χ2n) is 5.90. The first-order valence-corrected chi connectivity index (χ1v) is 7.97. The van der Waals surface area contributed by atoms with Gasteiger partial charge in [0.1, 0.15) is 11.4 Å². The Morgan fingerprint density at radius 1 is 1.00 bits per heavy atom. The molecule has 2 amide bonds. The Labute approximate surface area is 150 Å². The van der Waals surface area contributed by atoms with E-state index in [2.05, 4.69) is 20.8 Å². The summed E-state index contributed by atoms with van der Waals surface area (Å²) in [7, 11) is 0. The molecule has 0 saturated carbocycles. The first kappa shape index (κ1) is 17.2. The highest BCUT2D eigenvalue weighted by Gasteiger charge is 2.14. The fourth-order valence-electron chi connectivity index (χ4n) is 2.47. The molecule has 7 nitrogen and oxygen atoms in total. The molecule has 0 spiro atoms. The first-order valence-electron chi connectivity index (χ1n) is 7.97. The topological polar surface area (TPSA) is 107 Å². The van der Waals surface area contributed by atoms with Gasteiger partial charge in [-0.15, -0.1) is 0 Å². The number of phenolic OH excluding ortho intramolecular Hbond substituents is 1. The van der Waals surface area contributed by atoms with E-state index in [1.165, 1.54) is 6.92 Å². The van der Waals surface area contributed by atoms with E-state index in [9.17, 15) is 14.7 Å². The molecule has 0 bridgehead atoms. The third-order valence-corrected chi connectivity index (χ3v) is 3.71. The number of nitrogens with zero attached hydrogens (tertiary/aromatic N) is 1. The number of anilines is 2. The van der Waals surface area contributed by atoms with Crippen LogP contribution in [0.15, 0.2) is 48.5 Å². The molecule has 1 heterocycles. The third-order valence-electron chi connectivity index (χ3n) is 3.71. The Morgan fingerprint density at radius 3 is 2.31 bits per heavy atom. The summed E-state index contributed by atoms with van der Waals surface area (Å²) >= 11 is 0. The van der Waals surface area contributed by atoms with Crippen LogP contribution >= 0.6 is 0 Å². The highest BCUT2D eigenvalue weighted by Crippen LogP contribution is 2.29. The summed E-state index contributed by atoms with van der Waals surface area (Å²) in [5, 5.41) is 22.2. The molecule has 26 heavy (non-hydrogen) atoms. The summed E-state index contributed by atoms with van der Waals surface area (Å²) < 4.78 is 0. The van der Waals surface area contributed by atoms with Crippen LogP contribution < -0.4 is 10.6 Å². The number of aryl methyl sites for hydroxylation is 1. The van der Waals surface area contributed by atoms with Crippen molar-refractivity contribution in [2.24, 2.45) is 0 Å². The number of nitrogens with one attached hydrogen (secondary N) is 3. The van der Waals surface area contributed by atoms with Gasteiger partial charge in [0.2, 0.25) is 5.91 Å². The van der Waals surface area contributed by atoms with E-state index < -0.39 is 0 Å². The SMILES string of the molecule is CC(=O)Nc1ccc(NC(=O)c2cc(-c3cc(C)ccc3O)n[nH]2)cc1. The van der Waals surface area contributed by atoms with Crippen LogP contribution in [0.3, 0.4) is 0 Å². The van der Waals surface area contributed by atoms with Gasteiger partial charge in [-0.1, -0.05) is 11.6 Å². The minimum Gasteiger partial charge on any atom is -0.507 e. The van der Waals surface area contributed by atoms with E-state index in [0.29, 0.717) is 22.6 Å². The predicted octanol–water partition coefficient (Wildman–Crippen LogP) is 3.30. The van der Waals surface area contributed by atoms with Gasteiger partial charge in [0.25, 0.3) is 5.91 Å². The Kier molecular flexibility index (Phi) is 4.70. The number of aromatic hydroxyl groups is 1. The van der Waals surface area contributed by atoms with E-state index in [0.717, 1.165) is 5.56 Å². The normalized spacial score (nSPS) is 10.4. The molecule has 0 aliphatic carbocycles. The van der Waals surface area contributed by atoms with Crippen molar-refractivity contribution < 1.29 is 14.7 Å². The molecule has 0 unspecified atom stereocenters. The van der Waals surface area contributed by atoms with E-state index >= 15 is 0 Å². The van der Waals surface area contributed by atoms with Gasteiger partial charge in [0.15, 0.2) is 0 Å². The van der Waals surface area contributed by atoms with Crippen LogP contribution in [0.25, 0.3) is 11.3 Å². The maximum Gasteiger partial charge on any atom is 0.273 e. The average Bonchev–Trinajstić information content (AvgIpc) is 3.08. The van der Waals surface area contributed by atoms with Crippen molar-refractivity contribution in [3.05, 3.63) is 59.8 Å². The highest BCUT2D eigenvalue weighted by molar-refractivity contribution is 6.03. The zero-order chi connectivity index (χ0) is 18.7. The van der Waals surface area contributed by atoms with Crippen molar-refractivity contribution >= 4 is 23.2 Å². The first-order chi connectivity index (χ1) is 12.4. The zero-order valence-electron chi connectivity index (χ0n) is 14.3. The molecule has 0 atom stereocenters. The van der Waals surface area contributed by atoms with Crippen LogP contribution in [0.1, 0.15) is 23.0 Å². The second kappa shape index (κ2) is 7.10. The lowest BCUT2D eigenvalue weighted by molar-refractivity contribution is -0.114. The van der Waals surface area contributed by atoms with Crippen LogP contribution in [0.2, 0.25) is 0 Å². The van der Waals surface area contributed by atoms with Crippen LogP contribution in [0.5, 0.6) is 5.75 Å². The average molecular weight is 350 g/mol. The number of hydrogen-bond acceptors (Lipinski definition) is 4. The van der Waals surface area contributed by atoms with Gasteiger partial charge >= 0.3 is 0 Å². The number of rotatable bonds is 4. The minimum atomic E-state index is -0.358. The molecule has 3 aromatic rings. The predicted molar refractivity (Wildman–Crippen MR) is 99.1 cm³/mol. The second-order valence-corrected chi connectivity index (χ2v) is 5.90.